The van der Waals surface area contributed by atoms with E-state index >= 15 is 0 Å². The van der Waals surface area contributed by atoms with Gasteiger partial charge < -0.3 is 5.73 Å². The van der Waals surface area contributed by atoms with Gasteiger partial charge in [-0.15, -0.1) is 21.5 Å². The van der Waals surface area contributed by atoms with Gasteiger partial charge in [0.1, 0.15) is 10.0 Å². The Balaban J connectivity index is 1.96. The number of nitrogen functional groups attached to an aromatic ring is 1. The number of aryl methyl sites for hydroxylation is 3. The Hall–Kier alpha value is -1.42. The lowest BCUT2D eigenvalue weighted by Crippen LogP contribution is -1.91. The monoisotopic (exact) mass is 219 g/mol. The third kappa shape index (κ3) is 2.76. The maximum atomic E-state index is 5.62. The van der Waals surface area contributed by atoms with E-state index in [4.69, 9.17) is 5.73 Å². The van der Waals surface area contributed by atoms with E-state index in [9.17, 15) is 0 Å². The molecule has 15 heavy (non-hydrogen) atoms. The van der Waals surface area contributed by atoms with Crippen LogP contribution in [-0.4, -0.2) is 10.2 Å². The van der Waals surface area contributed by atoms with Crippen LogP contribution in [0.4, 0.5) is 5.69 Å². The molecule has 1 aromatic carbocycles. The van der Waals surface area contributed by atoms with Gasteiger partial charge in [0, 0.05) is 12.1 Å². The SMILES string of the molecule is Cc1nnc(CCc2ccc(N)cc2)s1. The Morgan fingerprint density at radius 1 is 1.13 bits per heavy atom. The third-order valence-corrected chi connectivity index (χ3v) is 3.07. The second-order valence-corrected chi connectivity index (χ2v) is 4.72. The minimum absolute atomic E-state index is 0.811. The number of nitrogens with two attached hydrogens (primary N) is 1. The van der Waals surface area contributed by atoms with Gasteiger partial charge >= 0.3 is 0 Å². The highest BCUT2D eigenvalue weighted by atomic mass is 32.1. The summed E-state index contributed by atoms with van der Waals surface area (Å²) in [6, 6.07) is 7.98. The predicted molar refractivity (Wildman–Crippen MR) is 62.9 cm³/mol. The van der Waals surface area contributed by atoms with Crippen molar-refractivity contribution < 1.29 is 0 Å². The highest BCUT2D eigenvalue weighted by Gasteiger charge is 2.00. The number of anilines is 1. The van der Waals surface area contributed by atoms with Gasteiger partial charge in [-0.25, -0.2) is 0 Å². The average Bonchev–Trinajstić information content (AvgIpc) is 2.64. The molecule has 0 atom stereocenters. The maximum Gasteiger partial charge on any atom is 0.117 e. The van der Waals surface area contributed by atoms with Crippen molar-refractivity contribution in [1.29, 1.82) is 0 Å². The Labute approximate surface area is 93.0 Å². The van der Waals surface area contributed by atoms with Crippen LogP contribution in [0.2, 0.25) is 0 Å². The molecule has 0 saturated heterocycles. The number of hydrogen-bond donors (Lipinski definition) is 1. The van der Waals surface area contributed by atoms with Gasteiger partial charge in [-0.3, -0.25) is 0 Å². The summed E-state index contributed by atoms with van der Waals surface area (Å²) in [6.45, 7) is 1.98. The van der Waals surface area contributed by atoms with E-state index in [0.717, 1.165) is 28.5 Å². The first-order valence-corrected chi connectivity index (χ1v) is 5.69. The van der Waals surface area contributed by atoms with Crippen LogP contribution in [0, 0.1) is 6.92 Å². The smallest absolute Gasteiger partial charge is 0.117 e. The molecule has 78 valence electrons. The number of benzene rings is 1. The second kappa shape index (κ2) is 4.40. The number of nitrogens with zero attached hydrogens (tertiary/aromatic N) is 2. The molecule has 0 fully saturated rings. The van der Waals surface area contributed by atoms with Crippen molar-refractivity contribution in [3.8, 4) is 0 Å². The largest absolute Gasteiger partial charge is 0.399 e. The summed E-state index contributed by atoms with van der Waals surface area (Å²) in [5, 5.41) is 10.2. The van der Waals surface area contributed by atoms with E-state index in [2.05, 4.69) is 22.3 Å². The summed E-state index contributed by atoms with van der Waals surface area (Å²) < 4.78 is 0. The molecule has 0 aliphatic rings. The third-order valence-electron chi connectivity index (χ3n) is 2.18. The summed E-state index contributed by atoms with van der Waals surface area (Å²) >= 11 is 1.66. The summed E-state index contributed by atoms with van der Waals surface area (Å²) in [4.78, 5) is 0. The zero-order valence-electron chi connectivity index (χ0n) is 8.60. The van der Waals surface area contributed by atoms with E-state index in [-0.39, 0.29) is 0 Å². The molecule has 2 rings (SSSR count). The van der Waals surface area contributed by atoms with E-state index in [1.165, 1.54) is 5.56 Å². The Bertz CT molecular complexity index is 433. The topological polar surface area (TPSA) is 51.8 Å². The molecule has 0 bridgehead atoms. The molecule has 3 nitrogen and oxygen atoms in total. The van der Waals surface area contributed by atoms with Crippen molar-refractivity contribution in [2.45, 2.75) is 19.8 Å². The van der Waals surface area contributed by atoms with Crippen molar-refractivity contribution in [3.63, 3.8) is 0 Å². The zero-order chi connectivity index (χ0) is 10.7. The number of hydrogen-bond acceptors (Lipinski definition) is 4. The molecular formula is C11H13N3S. The Morgan fingerprint density at radius 3 is 2.47 bits per heavy atom. The molecule has 0 aliphatic heterocycles. The van der Waals surface area contributed by atoms with Crippen molar-refractivity contribution in [1.82, 2.24) is 10.2 Å². The van der Waals surface area contributed by atoms with Gasteiger partial charge in [0.25, 0.3) is 0 Å². The molecule has 4 heteroatoms. The van der Waals surface area contributed by atoms with Crippen LogP contribution in [0.1, 0.15) is 15.6 Å². The first-order valence-electron chi connectivity index (χ1n) is 4.87. The van der Waals surface area contributed by atoms with Crippen molar-refractivity contribution in [2.75, 3.05) is 5.73 Å². The van der Waals surface area contributed by atoms with E-state index < -0.39 is 0 Å². The van der Waals surface area contributed by atoms with E-state index in [0.29, 0.717) is 0 Å². The Morgan fingerprint density at radius 2 is 1.87 bits per heavy atom. The molecule has 1 heterocycles. The van der Waals surface area contributed by atoms with Crippen LogP contribution in [0.25, 0.3) is 0 Å². The molecule has 0 saturated carbocycles. The molecular weight excluding hydrogens is 206 g/mol. The van der Waals surface area contributed by atoms with Crippen LogP contribution in [0.15, 0.2) is 24.3 Å². The van der Waals surface area contributed by atoms with Gasteiger partial charge in [0.2, 0.25) is 0 Å². The summed E-state index contributed by atoms with van der Waals surface area (Å²) in [5.74, 6) is 0. The molecule has 1 aromatic heterocycles. The van der Waals surface area contributed by atoms with Crippen LogP contribution in [0.5, 0.6) is 0 Å². The van der Waals surface area contributed by atoms with E-state index in [1.807, 2.05) is 19.1 Å². The first kappa shape index (κ1) is 10.1. The van der Waals surface area contributed by atoms with Crippen LogP contribution < -0.4 is 5.73 Å². The lowest BCUT2D eigenvalue weighted by molar-refractivity contribution is 0.898. The Kier molecular flexibility index (Phi) is 2.97. The molecule has 2 N–H and O–H groups in total. The zero-order valence-corrected chi connectivity index (χ0v) is 9.42. The standard InChI is InChI=1S/C11H13N3S/c1-8-13-14-11(15-8)7-4-9-2-5-10(12)6-3-9/h2-3,5-6H,4,7,12H2,1H3. The minimum atomic E-state index is 0.811. The van der Waals surface area contributed by atoms with Gasteiger partial charge in [-0.05, 0) is 31.0 Å². The van der Waals surface area contributed by atoms with Gasteiger partial charge in [0.15, 0.2) is 0 Å². The van der Waals surface area contributed by atoms with Crippen molar-refractivity contribution >= 4 is 17.0 Å². The molecule has 0 unspecified atom stereocenters. The van der Waals surface area contributed by atoms with E-state index in [1.54, 1.807) is 11.3 Å². The van der Waals surface area contributed by atoms with Gasteiger partial charge in [0.05, 0.1) is 0 Å². The van der Waals surface area contributed by atoms with Gasteiger partial charge in [-0.1, -0.05) is 12.1 Å². The molecule has 0 amide bonds. The summed E-state index contributed by atoms with van der Waals surface area (Å²) in [7, 11) is 0. The predicted octanol–water partition coefficient (Wildman–Crippen LogP) is 2.21. The molecule has 0 radical (unpaired) electrons. The minimum Gasteiger partial charge on any atom is -0.399 e. The molecule has 0 aliphatic carbocycles. The highest BCUT2D eigenvalue weighted by molar-refractivity contribution is 7.11. The second-order valence-electron chi connectivity index (χ2n) is 3.46. The quantitative estimate of drug-likeness (QED) is 0.805. The molecule has 0 spiro atoms. The summed E-state index contributed by atoms with van der Waals surface area (Å²) in [5.41, 5.74) is 7.72. The highest BCUT2D eigenvalue weighted by Crippen LogP contribution is 2.12. The summed E-state index contributed by atoms with van der Waals surface area (Å²) in [6.07, 6.45) is 1.95. The average molecular weight is 219 g/mol. The fraction of sp³-hybridized carbons (Fsp3) is 0.273. The number of rotatable bonds is 3. The number of aromatic nitrogens is 2. The lowest BCUT2D eigenvalue weighted by atomic mass is 10.1. The maximum absolute atomic E-state index is 5.62. The fourth-order valence-electron chi connectivity index (χ4n) is 1.37. The normalized spacial score (nSPS) is 10.5. The first-order chi connectivity index (χ1) is 7.24. The van der Waals surface area contributed by atoms with Gasteiger partial charge in [-0.2, -0.15) is 0 Å². The molecule has 2 aromatic rings. The van der Waals surface area contributed by atoms with Crippen molar-refractivity contribution in [2.24, 2.45) is 0 Å². The van der Waals surface area contributed by atoms with Crippen LogP contribution in [0.3, 0.4) is 0 Å². The van der Waals surface area contributed by atoms with Crippen LogP contribution in [-0.2, 0) is 12.8 Å². The van der Waals surface area contributed by atoms with Crippen LogP contribution >= 0.6 is 11.3 Å². The van der Waals surface area contributed by atoms with Crippen molar-refractivity contribution in [3.05, 3.63) is 39.8 Å². The lowest BCUT2D eigenvalue weighted by Gasteiger charge is -1.99. The fourth-order valence-corrected chi connectivity index (χ4v) is 2.08.